The van der Waals surface area contributed by atoms with Gasteiger partial charge < -0.3 is 25.2 Å². The first-order chi connectivity index (χ1) is 15.5. The number of hydrogen-bond acceptors (Lipinski definition) is 6. The van der Waals surface area contributed by atoms with Crippen molar-refractivity contribution >= 4 is 23.4 Å². The zero-order valence-electron chi connectivity index (χ0n) is 17.5. The number of allylic oxidation sites excluding steroid dienone is 1. The van der Waals surface area contributed by atoms with Crippen molar-refractivity contribution in [2.75, 3.05) is 24.4 Å². The van der Waals surface area contributed by atoms with Gasteiger partial charge in [-0.2, -0.15) is 5.10 Å². The van der Waals surface area contributed by atoms with Crippen LogP contribution in [-0.2, 0) is 4.79 Å². The molecule has 1 aliphatic heterocycles. The van der Waals surface area contributed by atoms with E-state index < -0.39 is 17.9 Å². The zero-order valence-corrected chi connectivity index (χ0v) is 17.5. The maximum atomic E-state index is 12.9. The lowest BCUT2D eigenvalue weighted by atomic mass is 10.0. The van der Waals surface area contributed by atoms with Crippen LogP contribution in [0.4, 0.5) is 11.5 Å². The first-order valence-electron chi connectivity index (χ1n) is 9.98. The van der Waals surface area contributed by atoms with Gasteiger partial charge in [-0.25, -0.2) is 9.48 Å². The molecule has 0 bridgehead atoms. The van der Waals surface area contributed by atoms with Crippen LogP contribution >= 0.6 is 0 Å². The molecule has 0 saturated carbocycles. The molecule has 1 atom stereocenters. The average Bonchev–Trinajstić information content (AvgIpc) is 3.24. The molecule has 9 heteroatoms. The number of nitrogens with zero attached hydrogens (tertiary/aromatic N) is 2. The first-order valence-corrected chi connectivity index (χ1v) is 9.98. The van der Waals surface area contributed by atoms with Gasteiger partial charge in [-0.1, -0.05) is 12.1 Å². The van der Waals surface area contributed by atoms with Gasteiger partial charge in [-0.15, -0.1) is 0 Å². The van der Waals surface area contributed by atoms with Crippen LogP contribution in [0.15, 0.2) is 66.5 Å². The third kappa shape index (κ3) is 4.13. The zero-order chi connectivity index (χ0) is 22.7. The molecule has 2 aromatic carbocycles. The van der Waals surface area contributed by atoms with Crippen LogP contribution in [0.5, 0.6) is 11.5 Å². The summed E-state index contributed by atoms with van der Waals surface area (Å²) in [5, 5.41) is 19.6. The summed E-state index contributed by atoms with van der Waals surface area (Å²) in [4.78, 5) is 24.7. The molecule has 1 aromatic heterocycles. The maximum absolute atomic E-state index is 12.9. The molecular formula is C23H22N4O5. The molecule has 32 heavy (non-hydrogen) atoms. The number of carbonyl (C=O) groups is 2. The number of amides is 1. The summed E-state index contributed by atoms with van der Waals surface area (Å²) in [6.45, 7) is 2.44. The van der Waals surface area contributed by atoms with Crippen molar-refractivity contribution in [1.29, 1.82) is 0 Å². The van der Waals surface area contributed by atoms with Crippen molar-refractivity contribution in [3.8, 4) is 11.5 Å². The number of hydrogen-bond donors (Lipinski definition) is 3. The second kappa shape index (κ2) is 8.84. The quantitative estimate of drug-likeness (QED) is 0.521. The topological polar surface area (TPSA) is 115 Å². The number of carboxylic acid groups (broad SMARTS) is 1. The maximum Gasteiger partial charge on any atom is 0.352 e. The molecule has 0 radical (unpaired) electrons. The van der Waals surface area contributed by atoms with Gasteiger partial charge in [0.1, 0.15) is 28.6 Å². The number of ether oxygens (including phenoxy) is 2. The summed E-state index contributed by atoms with van der Waals surface area (Å²) in [6, 6.07) is 13.7. The Balaban J connectivity index is 1.64. The van der Waals surface area contributed by atoms with E-state index in [1.54, 1.807) is 54.3 Å². The van der Waals surface area contributed by atoms with Gasteiger partial charge in [0.2, 0.25) is 0 Å². The molecule has 4 rings (SSSR count). The van der Waals surface area contributed by atoms with E-state index in [9.17, 15) is 14.7 Å². The lowest BCUT2D eigenvalue weighted by Crippen LogP contribution is -2.25. The minimum atomic E-state index is -1.13. The molecule has 2 heterocycles. The van der Waals surface area contributed by atoms with Crippen molar-refractivity contribution in [2.24, 2.45) is 0 Å². The lowest BCUT2D eigenvalue weighted by molar-refractivity contribution is -0.132. The van der Waals surface area contributed by atoms with Crippen molar-refractivity contribution in [3.63, 3.8) is 0 Å². The minimum absolute atomic E-state index is 0.0334. The predicted molar refractivity (Wildman–Crippen MR) is 118 cm³/mol. The monoisotopic (exact) mass is 434 g/mol. The highest BCUT2D eigenvalue weighted by Crippen LogP contribution is 2.33. The van der Waals surface area contributed by atoms with E-state index in [1.807, 2.05) is 19.1 Å². The van der Waals surface area contributed by atoms with Crippen LogP contribution in [0, 0.1) is 0 Å². The van der Waals surface area contributed by atoms with Gasteiger partial charge in [-0.05, 0) is 55.0 Å². The Morgan fingerprint density at radius 2 is 1.81 bits per heavy atom. The molecule has 1 aliphatic rings. The van der Waals surface area contributed by atoms with E-state index in [1.165, 1.54) is 6.20 Å². The minimum Gasteiger partial charge on any atom is -0.497 e. The van der Waals surface area contributed by atoms with Crippen LogP contribution in [0.2, 0.25) is 0 Å². The molecule has 9 nitrogen and oxygen atoms in total. The van der Waals surface area contributed by atoms with Crippen molar-refractivity contribution in [2.45, 2.75) is 13.0 Å². The number of carbonyl (C=O) groups excluding carboxylic acids is 1. The Morgan fingerprint density at radius 3 is 2.44 bits per heavy atom. The van der Waals surface area contributed by atoms with Crippen LogP contribution in [0.1, 0.15) is 28.9 Å². The number of aliphatic carboxylic acids is 1. The van der Waals surface area contributed by atoms with E-state index in [2.05, 4.69) is 15.7 Å². The summed E-state index contributed by atoms with van der Waals surface area (Å²) < 4.78 is 12.2. The summed E-state index contributed by atoms with van der Waals surface area (Å²) in [6.07, 6.45) is 2.97. The van der Waals surface area contributed by atoms with Crippen molar-refractivity contribution in [1.82, 2.24) is 9.78 Å². The molecule has 1 amide bonds. The molecule has 0 fully saturated rings. The second-order valence-electron chi connectivity index (χ2n) is 6.99. The highest BCUT2D eigenvalue weighted by atomic mass is 16.5. The van der Waals surface area contributed by atoms with E-state index in [-0.39, 0.29) is 11.3 Å². The Hall–Kier alpha value is -4.27. The normalized spacial score (nSPS) is 14.6. The SMILES string of the molecule is CCOc1ccc(NC(=O)c2cnn3c2NC(C(=O)O)=C[C@H]3c2ccc(OC)cc2)cc1. The summed E-state index contributed by atoms with van der Waals surface area (Å²) in [5.74, 6) is 0.140. The smallest absolute Gasteiger partial charge is 0.352 e. The highest BCUT2D eigenvalue weighted by Gasteiger charge is 2.29. The number of anilines is 2. The van der Waals surface area contributed by atoms with Crippen LogP contribution in [0.25, 0.3) is 0 Å². The standard InChI is InChI=1S/C23H22N4O5/c1-3-32-17-10-6-15(7-11-17)25-22(28)18-13-24-27-20(12-19(23(29)30)26-21(18)27)14-4-8-16(31-2)9-5-14/h4-13,20,26H,3H2,1-2H3,(H,25,28)(H,29,30)/t20-/m0/s1. The number of methoxy groups -OCH3 is 1. The summed E-state index contributed by atoms with van der Waals surface area (Å²) in [5.41, 5.74) is 1.57. The Kier molecular flexibility index (Phi) is 5.80. The van der Waals surface area contributed by atoms with Crippen LogP contribution < -0.4 is 20.1 Å². The summed E-state index contributed by atoms with van der Waals surface area (Å²) >= 11 is 0. The fourth-order valence-electron chi connectivity index (χ4n) is 3.42. The van der Waals surface area contributed by atoms with Gasteiger partial charge in [0.15, 0.2) is 0 Å². The van der Waals surface area contributed by atoms with Gasteiger partial charge in [0, 0.05) is 5.69 Å². The lowest BCUT2D eigenvalue weighted by Gasteiger charge is -2.24. The van der Waals surface area contributed by atoms with E-state index >= 15 is 0 Å². The first kappa shape index (κ1) is 21.0. The van der Waals surface area contributed by atoms with Crippen molar-refractivity contribution < 1.29 is 24.2 Å². The largest absolute Gasteiger partial charge is 0.497 e. The molecule has 164 valence electrons. The van der Waals surface area contributed by atoms with E-state index in [4.69, 9.17) is 9.47 Å². The Labute approximate surface area is 184 Å². The number of carboxylic acids is 1. The average molecular weight is 434 g/mol. The van der Waals surface area contributed by atoms with Gasteiger partial charge in [0.05, 0.1) is 26.0 Å². The molecule has 0 unspecified atom stereocenters. The van der Waals surface area contributed by atoms with E-state index in [0.29, 0.717) is 29.6 Å². The second-order valence-corrected chi connectivity index (χ2v) is 6.99. The number of fused-ring (bicyclic) bond motifs is 1. The summed E-state index contributed by atoms with van der Waals surface area (Å²) in [7, 11) is 1.57. The third-order valence-electron chi connectivity index (χ3n) is 4.99. The molecule has 0 aliphatic carbocycles. The van der Waals surface area contributed by atoms with Crippen LogP contribution in [0.3, 0.4) is 0 Å². The molecule has 3 aromatic rings. The van der Waals surface area contributed by atoms with Gasteiger partial charge in [-0.3, -0.25) is 4.79 Å². The Bertz CT molecular complexity index is 1170. The number of aromatic nitrogens is 2. The van der Waals surface area contributed by atoms with E-state index in [0.717, 1.165) is 5.56 Å². The number of rotatable bonds is 7. The molecule has 0 saturated heterocycles. The molecule has 0 spiro atoms. The van der Waals surface area contributed by atoms with Gasteiger partial charge in [0.25, 0.3) is 5.91 Å². The highest BCUT2D eigenvalue weighted by molar-refractivity contribution is 6.08. The number of benzene rings is 2. The molecular weight excluding hydrogens is 412 g/mol. The Morgan fingerprint density at radius 1 is 1.12 bits per heavy atom. The van der Waals surface area contributed by atoms with Gasteiger partial charge >= 0.3 is 5.97 Å². The predicted octanol–water partition coefficient (Wildman–Crippen LogP) is 3.53. The fraction of sp³-hybridized carbons (Fsp3) is 0.174. The van der Waals surface area contributed by atoms with Crippen molar-refractivity contribution in [3.05, 3.63) is 77.6 Å². The molecule has 3 N–H and O–H groups in total. The number of nitrogens with one attached hydrogen (secondary N) is 2. The third-order valence-corrected chi connectivity index (χ3v) is 4.99. The fourth-order valence-corrected chi connectivity index (χ4v) is 3.42. The van der Waals surface area contributed by atoms with Crippen LogP contribution in [-0.4, -0.2) is 40.5 Å².